The minimum absolute atomic E-state index is 0.385. The summed E-state index contributed by atoms with van der Waals surface area (Å²) in [5, 5.41) is 0. The quantitative estimate of drug-likeness (QED) is 0.154. The predicted octanol–water partition coefficient (Wildman–Crippen LogP) is 9.31. The molecule has 0 unspecified atom stereocenters. The van der Waals surface area contributed by atoms with E-state index in [-0.39, 0.29) is 0 Å². The molecule has 0 spiro atoms. The molecule has 344 valence electrons. The summed E-state index contributed by atoms with van der Waals surface area (Å²) in [6.07, 6.45) is 1.81. The van der Waals surface area contributed by atoms with Gasteiger partial charge in [0.25, 0.3) is 0 Å². The van der Waals surface area contributed by atoms with Gasteiger partial charge in [0.2, 0.25) is 0 Å². The summed E-state index contributed by atoms with van der Waals surface area (Å²) < 4.78 is 57.5. The molecule has 0 aliphatic carbocycles. The van der Waals surface area contributed by atoms with E-state index in [4.69, 9.17) is 47.4 Å². The second-order valence-corrected chi connectivity index (χ2v) is 14.9. The minimum Gasteiger partial charge on any atom is -0.491 e. The Morgan fingerprint density at radius 3 is 0.652 bits per heavy atom. The Kier molecular flexibility index (Phi) is 19.1. The smallest absolute Gasteiger partial charge is 0.151 e. The summed E-state index contributed by atoms with van der Waals surface area (Å²) in [6.45, 7) is 6.69. The van der Waals surface area contributed by atoms with Crippen molar-refractivity contribution in [2.24, 2.45) is 0 Å². The highest BCUT2D eigenvalue weighted by Gasteiger charge is 2.14. The monoisotopic (exact) mass is 896 g/mol. The Morgan fingerprint density at radius 1 is 0.258 bits per heavy atom. The lowest BCUT2D eigenvalue weighted by Gasteiger charge is -2.13. The zero-order valence-electron chi connectivity index (χ0n) is 37.1. The Morgan fingerprint density at radius 2 is 0.455 bits per heavy atom. The van der Waals surface area contributed by atoms with Crippen LogP contribution in [0.15, 0.2) is 133 Å². The number of hydrogen-bond acceptors (Lipinski definition) is 12. The van der Waals surface area contributed by atoms with Gasteiger partial charge in [0, 0.05) is 11.1 Å². The van der Waals surface area contributed by atoms with Gasteiger partial charge in [0.05, 0.1) is 79.3 Å². The van der Waals surface area contributed by atoms with E-state index < -0.39 is 0 Å². The molecule has 0 fully saturated rings. The Balaban J connectivity index is 0.900. The molecule has 12 nitrogen and oxygen atoms in total. The van der Waals surface area contributed by atoms with Crippen molar-refractivity contribution in [3.63, 3.8) is 0 Å². The van der Waals surface area contributed by atoms with Gasteiger partial charge in [-0.15, -0.1) is 0 Å². The zero-order chi connectivity index (χ0) is 45.4. The third-order valence-corrected chi connectivity index (χ3v) is 10.6. The minimum atomic E-state index is 0.385. The summed E-state index contributed by atoms with van der Waals surface area (Å²) in [7, 11) is 0. The molecule has 0 saturated carbocycles. The Labute approximate surface area is 386 Å². The first-order chi connectivity index (χ1) is 32.7. The topological polar surface area (TPSA) is 126 Å². The van der Waals surface area contributed by atoms with Crippen molar-refractivity contribution in [1.29, 1.82) is 0 Å². The van der Waals surface area contributed by atoms with Gasteiger partial charge in [-0.05, 0) is 93.0 Å². The first kappa shape index (κ1) is 47.6. The van der Waals surface area contributed by atoms with Crippen molar-refractivity contribution < 1.29 is 57.0 Å². The standard InChI is InChI=1S/C54H56O12/c55-39-53-49-3-1-4-50(53)42-9-17-46(18-10-42)64-36-32-60-28-24-58-26-30-62-34-38-66-48-21-13-44(14-22-48)52-6-2-5-51(54(52)40-56)43-11-19-47(20-12-43)65-37-33-61-29-25-57-23-27-59-31-35-63-45-15-7-41(49)8-16-45/h1-22,39-40H,23-38H2. The molecule has 0 saturated heterocycles. The fourth-order valence-electron chi connectivity index (χ4n) is 7.27. The van der Waals surface area contributed by atoms with Crippen molar-refractivity contribution in [3.8, 4) is 67.5 Å². The molecule has 7 aliphatic rings. The van der Waals surface area contributed by atoms with E-state index in [0.29, 0.717) is 140 Å². The van der Waals surface area contributed by atoms with Gasteiger partial charge in [-0.2, -0.15) is 0 Å². The summed E-state index contributed by atoms with van der Waals surface area (Å²) in [6, 6.07) is 42.4. The third kappa shape index (κ3) is 14.3. The predicted molar refractivity (Wildman–Crippen MR) is 252 cm³/mol. The van der Waals surface area contributed by atoms with Gasteiger partial charge >= 0.3 is 0 Å². The SMILES string of the molecule is O=Cc1c2cccc1-c1ccc(cc1)OCCOCCOCCOCCOc1ccc(cc1)-c1cccc(c1C=O)-c1ccc(cc1)OCCOCCOCCOCCOc1ccc-2cc1. The molecule has 0 aromatic heterocycles. The van der Waals surface area contributed by atoms with Crippen LogP contribution < -0.4 is 18.9 Å². The van der Waals surface area contributed by atoms with E-state index >= 15 is 0 Å². The second-order valence-electron chi connectivity index (χ2n) is 14.9. The van der Waals surface area contributed by atoms with Gasteiger partial charge in [0.1, 0.15) is 49.4 Å². The molecular formula is C54H56O12. The molecule has 0 radical (unpaired) electrons. The third-order valence-electron chi connectivity index (χ3n) is 10.6. The molecule has 0 amide bonds. The first-order valence-electron chi connectivity index (χ1n) is 22.3. The second kappa shape index (κ2) is 26.5. The average molecular weight is 897 g/mol. The van der Waals surface area contributed by atoms with Crippen molar-refractivity contribution >= 4 is 12.6 Å². The maximum Gasteiger partial charge on any atom is 0.151 e. The highest BCUT2D eigenvalue weighted by atomic mass is 16.6. The zero-order valence-corrected chi connectivity index (χ0v) is 37.1. The normalized spacial score (nSPS) is 15.8. The van der Waals surface area contributed by atoms with Gasteiger partial charge in [-0.3, -0.25) is 9.59 Å². The van der Waals surface area contributed by atoms with E-state index in [0.717, 1.165) is 57.1 Å². The van der Waals surface area contributed by atoms with Crippen LogP contribution in [0, 0.1) is 0 Å². The van der Waals surface area contributed by atoms with Crippen molar-refractivity contribution in [3.05, 3.63) is 145 Å². The lowest BCUT2D eigenvalue weighted by molar-refractivity contribution is 0.00499. The highest BCUT2D eigenvalue weighted by molar-refractivity contribution is 5.97. The van der Waals surface area contributed by atoms with Crippen molar-refractivity contribution in [2.45, 2.75) is 0 Å². The number of benzene rings is 6. The summed E-state index contributed by atoms with van der Waals surface area (Å²) in [4.78, 5) is 24.9. The number of carbonyl (C=O) groups is 2. The van der Waals surface area contributed by atoms with Gasteiger partial charge < -0.3 is 47.4 Å². The molecule has 0 N–H and O–H groups in total. The summed E-state index contributed by atoms with van der Waals surface area (Å²) in [5.74, 6) is 2.83. The average Bonchev–Trinajstić information content (AvgIpc) is 3.36. The van der Waals surface area contributed by atoms with Gasteiger partial charge in [-0.1, -0.05) is 84.9 Å². The lowest BCUT2D eigenvalue weighted by Crippen LogP contribution is -2.14. The van der Waals surface area contributed by atoms with Crippen LogP contribution in [0.1, 0.15) is 20.7 Å². The number of aldehydes is 2. The van der Waals surface area contributed by atoms with Crippen LogP contribution in [0.2, 0.25) is 0 Å². The van der Waals surface area contributed by atoms with E-state index in [1.165, 1.54) is 0 Å². The maximum absolute atomic E-state index is 12.4. The summed E-state index contributed by atoms with van der Waals surface area (Å²) in [5.41, 5.74) is 8.18. The molecule has 7 heterocycles. The number of ether oxygens (including phenoxy) is 10. The van der Waals surface area contributed by atoms with Crippen LogP contribution in [0.3, 0.4) is 0 Å². The fourth-order valence-corrected chi connectivity index (χ4v) is 7.27. The van der Waals surface area contributed by atoms with Crippen LogP contribution in [-0.4, -0.2) is 118 Å². The Bertz CT molecular complexity index is 2040. The molecule has 12 bridgehead atoms. The van der Waals surface area contributed by atoms with E-state index in [2.05, 4.69) is 0 Å². The van der Waals surface area contributed by atoms with Gasteiger partial charge in [-0.25, -0.2) is 0 Å². The van der Waals surface area contributed by atoms with Crippen LogP contribution in [0.5, 0.6) is 23.0 Å². The van der Waals surface area contributed by atoms with E-state index in [9.17, 15) is 9.59 Å². The molecule has 66 heavy (non-hydrogen) atoms. The van der Waals surface area contributed by atoms with Crippen LogP contribution in [-0.2, 0) is 28.4 Å². The first-order valence-corrected chi connectivity index (χ1v) is 22.3. The lowest BCUT2D eigenvalue weighted by atomic mass is 9.92. The molecule has 6 aromatic rings. The molecule has 7 aliphatic heterocycles. The van der Waals surface area contributed by atoms with E-state index in [1.54, 1.807) is 0 Å². The highest BCUT2D eigenvalue weighted by Crippen LogP contribution is 2.35. The van der Waals surface area contributed by atoms with Crippen molar-refractivity contribution in [1.82, 2.24) is 0 Å². The van der Waals surface area contributed by atoms with Crippen LogP contribution in [0.25, 0.3) is 44.5 Å². The van der Waals surface area contributed by atoms with Crippen LogP contribution >= 0.6 is 0 Å². The van der Waals surface area contributed by atoms with Gasteiger partial charge in [0.15, 0.2) is 12.6 Å². The molecule has 12 heteroatoms. The fraction of sp³-hybridized carbons (Fsp3) is 0.296. The number of carbonyl (C=O) groups excluding carboxylic acids is 2. The Hall–Kier alpha value is -6.38. The van der Waals surface area contributed by atoms with Crippen LogP contribution in [0.4, 0.5) is 0 Å². The molecular weight excluding hydrogens is 841 g/mol. The van der Waals surface area contributed by atoms with E-state index in [1.807, 2.05) is 133 Å². The largest absolute Gasteiger partial charge is 0.491 e. The van der Waals surface area contributed by atoms with Crippen molar-refractivity contribution in [2.75, 3.05) is 106 Å². The molecule has 0 atom stereocenters. The molecule has 6 aromatic carbocycles. The summed E-state index contributed by atoms with van der Waals surface area (Å²) >= 11 is 0. The molecule has 13 rings (SSSR count). The number of rotatable bonds is 2. The number of hydrogen-bond donors (Lipinski definition) is 0. The maximum atomic E-state index is 12.4.